The molecule has 2 aromatic rings. The number of ketones is 1. The van der Waals surface area contributed by atoms with E-state index in [4.69, 9.17) is 0 Å². The fourth-order valence-corrected chi connectivity index (χ4v) is 1.98. The number of carbonyl (C=O) groups is 1. The first-order chi connectivity index (χ1) is 8.65. The number of aromatic nitrogens is 4. The molecule has 0 saturated heterocycles. The lowest BCUT2D eigenvalue weighted by Gasteiger charge is -2.04. The van der Waals surface area contributed by atoms with Crippen LogP contribution in [0.5, 0.6) is 0 Å². The minimum absolute atomic E-state index is 0.0275. The SMILES string of the molecule is CCc1cc(CC(=O)c2nccn2C)n(CC)n1. The minimum atomic E-state index is 0.0275. The maximum atomic E-state index is 12.1. The van der Waals surface area contributed by atoms with E-state index in [-0.39, 0.29) is 5.78 Å². The highest BCUT2D eigenvalue weighted by Gasteiger charge is 2.15. The molecule has 0 spiro atoms. The van der Waals surface area contributed by atoms with Crippen molar-refractivity contribution < 1.29 is 4.79 Å². The van der Waals surface area contributed by atoms with E-state index in [1.54, 1.807) is 17.0 Å². The molecule has 0 saturated carbocycles. The molecule has 18 heavy (non-hydrogen) atoms. The van der Waals surface area contributed by atoms with Crippen LogP contribution in [0.3, 0.4) is 0 Å². The lowest BCUT2D eigenvalue weighted by molar-refractivity contribution is 0.0977. The quantitative estimate of drug-likeness (QED) is 0.753. The molecule has 0 aliphatic rings. The van der Waals surface area contributed by atoms with Crippen LogP contribution in [-0.4, -0.2) is 25.1 Å². The zero-order valence-corrected chi connectivity index (χ0v) is 11.1. The maximum absolute atomic E-state index is 12.1. The lowest BCUT2D eigenvalue weighted by Crippen LogP contribution is -2.13. The molecule has 0 N–H and O–H groups in total. The molecular weight excluding hydrogens is 228 g/mol. The van der Waals surface area contributed by atoms with E-state index < -0.39 is 0 Å². The standard InChI is InChI=1S/C13H18N4O/c1-4-10-8-11(17(5-2)15-10)9-12(18)13-14-6-7-16(13)3/h6-8H,4-5,9H2,1-3H3. The Kier molecular flexibility index (Phi) is 3.60. The first kappa shape index (κ1) is 12.5. The molecule has 5 nitrogen and oxygen atoms in total. The second kappa shape index (κ2) is 5.16. The highest BCUT2D eigenvalue weighted by atomic mass is 16.1. The Hall–Kier alpha value is -1.91. The summed E-state index contributed by atoms with van der Waals surface area (Å²) in [6.45, 7) is 4.87. The van der Waals surface area contributed by atoms with Gasteiger partial charge in [-0.05, 0) is 19.4 Å². The van der Waals surface area contributed by atoms with Crippen LogP contribution in [0.15, 0.2) is 18.5 Å². The predicted molar refractivity (Wildman–Crippen MR) is 68.5 cm³/mol. The van der Waals surface area contributed by atoms with Gasteiger partial charge in [-0.3, -0.25) is 9.48 Å². The summed E-state index contributed by atoms with van der Waals surface area (Å²) in [4.78, 5) is 16.2. The van der Waals surface area contributed by atoms with Crippen molar-refractivity contribution in [2.75, 3.05) is 0 Å². The Morgan fingerprint density at radius 1 is 1.39 bits per heavy atom. The lowest BCUT2D eigenvalue weighted by atomic mass is 10.2. The van der Waals surface area contributed by atoms with Crippen molar-refractivity contribution in [3.05, 3.63) is 35.7 Å². The largest absolute Gasteiger partial charge is 0.332 e. The van der Waals surface area contributed by atoms with E-state index in [1.807, 2.05) is 24.7 Å². The van der Waals surface area contributed by atoms with E-state index >= 15 is 0 Å². The highest BCUT2D eigenvalue weighted by Crippen LogP contribution is 2.09. The molecule has 96 valence electrons. The smallest absolute Gasteiger partial charge is 0.204 e. The van der Waals surface area contributed by atoms with Crippen LogP contribution in [0.4, 0.5) is 0 Å². The van der Waals surface area contributed by atoms with Crippen molar-refractivity contribution in [3.63, 3.8) is 0 Å². The fraction of sp³-hybridized carbons (Fsp3) is 0.462. The van der Waals surface area contributed by atoms with Crippen molar-refractivity contribution >= 4 is 5.78 Å². The molecular formula is C13H18N4O. The highest BCUT2D eigenvalue weighted by molar-refractivity contribution is 5.94. The molecule has 0 atom stereocenters. The summed E-state index contributed by atoms with van der Waals surface area (Å²) in [5.74, 6) is 0.525. The van der Waals surface area contributed by atoms with E-state index in [2.05, 4.69) is 17.0 Å². The van der Waals surface area contributed by atoms with Crippen molar-refractivity contribution in [1.29, 1.82) is 0 Å². The molecule has 0 fully saturated rings. The summed E-state index contributed by atoms with van der Waals surface area (Å²) >= 11 is 0. The molecule has 0 amide bonds. The van der Waals surface area contributed by atoms with Crippen LogP contribution in [-0.2, 0) is 26.4 Å². The van der Waals surface area contributed by atoms with Gasteiger partial charge in [0.1, 0.15) is 0 Å². The van der Waals surface area contributed by atoms with E-state index in [0.717, 1.165) is 24.4 Å². The molecule has 0 aromatic carbocycles. The van der Waals surface area contributed by atoms with Gasteiger partial charge in [0, 0.05) is 31.7 Å². The Balaban J connectivity index is 2.21. The second-order valence-electron chi connectivity index (χ2n) is 4.26. The third-order valence-corrected chi connectivity index (χ3v) is 2.99. The topological polar surface area (TPSA) is 52.7 Å². The fourth-order valence-electron chi connectivity index (χ4n) is 1.98. The average Bonchev–Trinajstić information content (AvgIpc) is 2.95. The number of hydrogen-bond acceptors (Lipinski definition) is 3. The van der Waals surface area contributed by atoms with Crippen LogP contribution in [0.25, 0.3) is 0 Å². The number of aryl methyl sites for hydroxylation is 3. The summed E-state index contributed by atoms with van der Waals surface area (Å²) in [6.07, 6.45) is 4.66. The number of rotatable bonds is 5. The number of carbonyl (C=O) groups excluding carboxylic acids is 1. The number of hydrogen-bond donors (Lipinski definition) is 0. The number of Topliss-reactive ketones (excluding diaryl/α,β-unsaturated/α-hetero) is 1. The van der Waals surface area contributed by atoms with Gasteiger partial charge in [-0.2, -0.15) is 5.10 Å². The molecule has 0 unspecified atom stereocenters. The van der Waals surface area contributed by atoms with E-state index in [0.29, 0.717) is 12.2 Å². The Morgan fingerprint density at radius 2 is 2.17 bits per heavy atom. The van der Waals surface area contributed by atoms with Gasteiger partial charge in [-0.15, -0.1) is 0 Å². The van der Waals surface area contributed by atoms with Crippen molar-refractivity contribution in [2.24, 2.45) is 7.05 Å². The zero-order valence-electron chi connectivity index (χ0n) is 11.1. The molecule has 0 bridgehead atoms. The third kappa shape index (κ3) is 2.34. The van der Waals surface area contributed by atoms with Crippen LogP contribution in [0.2, 0.25) is 0 Å². The second-order valence-corrected chi connectivity index (χ2v) is 4.26. The summed E-state index contributed by atoms with van der Waals surface area (Å²) in [5.41, 5.74) is 1.99. The third-order valence-electron chi connectivity index (χ3n) is 2.99. The monoisotopic (exact) mass is 246 g/mol. The first-order valence-electron chi connectivity index (χ1n) is 6.21. The van der Waals surface area contributed by atoms with Crippen molar-refractivity contribution in [3.8, 4) is 0 Å². The van der Waals surface area contributed by atoms with Gasteiger partial charge in [0.25, 0.3) is 0 Å². The summed E-state index contributed by atoms with van der Waals surface area (Å²) < 4.78 is 3.63. The molecule has 0 aliphatic carbocycles. The van der Waals surface area contributed by atoms with E-state index in [1.165, 1.54) is 0 Å². The average molecular weight is 246 g/mol. The van der Waals surface area contributed by atoms with Gasteiger partial charge in [0.2, 0.25) is 5.78 Å². The van der Waals surface area contributed by atoms with Crippen LogP contribution < -0.4 is 0 Å². The van der Waals surface area contributed by atoms with Gasteiger partial charge in [0.15, 0.2) is 5.82 Å². The van der Waals surface area contributed by atoms with Crippen molar-refractivity contribution in [1.82, 2.24) is 19.3 Å². The van der Waals surface area contributed by atoms with Crippen molar-refractivity contribution in [2.45, 2.75) is 33.2 Å². The predicted octanol–water partition coefficient (Wildman–Crippen LogP) is 1.62. The maximum Gasteiger partial charge on any atom is 0.204 e. The van der Waals surface area contributed by atoms with Gasteiger partial charge in [-0.25, -0.2) is 4.98 Å². The Labute approximate surface area is 106 Å². The van der Waals surface area contributed by atoms with E-state index in [9.17, 15) is 4.79 Å². The van der Waals surface area contributed by atoms with Gasteiger partial charge >= 0.3 is 0 Å². The number of nitrogens with zero attached hydrogens (tertiary/aromatic N) is 4. The summed E-state index contributed by atoms with van der Waals surface area (Å²) in [5, 5.41) is 4.44. The minimum Gasteiger partial charge on any atom is -0.332 e. The van der Waals surface area contributed by atoms with Crippen LogP contribution in [0.1, 0.15) is 35.9 Å². The van der Waals surface area contributed by atoms with Gasteiger partial charge in [-0.1, -0.05) is 6.92 Å². The van der Waals surface area contributed by atoms with Crippen LogP contribution >= 0.6 is 0 Å². The molecule has 2 aromatic heterocycles. The van der Waals surface area contributed by atoms with Gasteiger partial charge in [0.05, 0.1) is 12.1 Å². The first-order valence-corrected chi connectivity index (χ1v) is 6.21. The Morgan fingerprint density at radius 3 is 2.72 bits per heavy atom. The van der Waals surface area contributed by atoms with Crippen LogP contribution in [0, 0.1) is 0 Å². The molecule has 2 rings (SSSR count). The van der Waals surface area contributed by atoms with Gasteiger partial charge < -0.3 is 4.57 Å². The molecule has 0 radical (unpaired) electrons. The Bertz CT molecular complexity index is 553. The zero-order chi connectivity index (χ0) is 13.1. The normalized spacial score (nSPS) is 10.8. The molecule has 5 heteroatoms. The molecule has 2 heterocycles. The summed E-state index contributed by atoms with van der Waals surface area (Å²) in [6, 6.07) is 2.00. The number of imidazole rings is 1. The summed E-state index contributed by atoms with van der Waals surface area (Å²) in [7, 11) is 1.83. The molecule has 0 aliphatic heterocycles.